The zero-order valence-electron chi connectivity index (χ0n) is 15.6. The fourth-order valence-corrected chi connectivity index (χ4v) is 4.38. The van der Waals surface area contributed by atoms with Crippen molar-refractivity contribution >= 4 is 11.6 Å². The maximum Gasteiger partial charge on any atom is 0.422 e. The van der Waals surface area contributed by atoms with Crippen LogP contribution in [-0.2, 0) is 4.79 Å². The maximum absolute atomic E-state index is 13.2. The second-order valence-corrected chi connectivity index (χ2v) is 8.10. The van der Waals surface area contributed by atoms with Crippen molar-refractivity contribution in [1.82, 2.24) is 0 Å². The summed E-state index contributed by atoms with van der Waals surface area (Å²) in [5.74, 6) is 0.604. The lowest BCUT2D eigenvalue weighted by atomic mass is 9.65. The Bertz CT molecular complexity index is 674. The molecule has 0 aromatic heterocycles. The molecule has 2 aliphatic rings. The number of carbonyl (C=O) groups excluding carboxylic acids is 1. The Hall–Kier alpha value is -1.76. The van der Waals surface area contributed by atoms with Crippen LogP contribution in [0.3, 0.4) is 0 Å². The van der Waals surface area contributed by atoms with Gasteiger partial charge < -0.3 is 14.7 Å². The van der Waals surface area contributed by atoms with Crippen molar-refractivity contribution in [3.05, 3.63) is 24.3 Å². The van der Waals surface area contributed by atoms with E-state index >= 15 is 0 Å². The Kier molecular flexibility index (Phi) is 5.43. The number of anilines is 1. The van der Waals surface area contributed by atoms with Crippen molar-refractivity contribution in [3.8, 4) is 5.75 Å². The van der Waals surface area contributed by atoms with Crippen molar-refractivity contribution in [2.75, 3.05) is 18.1 Å². The number of carbonyl (C=O) groups is 1. The molecule has 150 valence electrons. The Morgan fingerprint density at radius 2 is 1.93 bits per heavy atom. The third-order valence-corrected chi connectivity index (χ3v) is 5.96. The van der Waals surface area contributed by atoms with Crippen LogP contribution in [0, 0.1) is 17.3 Å². The van der Waals surface area contributed by atoms with Crippen LogP contribution >= 0.6 is 0 Å². The van der Waals surface area contributed by atoms with E-state index in [9.17, 15) is 23.1 Å². The van der Waals surface area contributed by atoms with Gasteiger partial charge in [0.05, 0.1) is 11.5 Å². The van der Waals surface area contributed by atoms with E-state index in [0.29, 0.717) is 37.4 Å². The van der Waals surface area contributed by atoms with Crippen LogP contribution in [0.15, 0.2) is 24.3 Å². The van der Waals surface area contributed by atoms with Crippen molar-refractivity contribution in [1.29, 1.82) is 0 Å². The highest BCUT2D eigenvalue weighted by Crippen LogP contribution is 2.49. The first-order valence-corrected chi connectivity index (χ1v) is 9.41. The fraction of sp³-hybridized carbons (Fsp3) is 0.650. The van der Waals surface area contributed by atoms with Gasteiger partial charge in [-0.3, -0.25) is 4.79 Å². The summed E-state index contributed by atoms with van der Waals surface area (Å²) in [7, 11) is 0. The van der Waals surface area contributed by atoms with E-state index in [-0.39, 0.29) is 23.7 Å². The quantitative estimate of drug-likeness (QED) is 0.846. The van der Waals surface area contributed by atoms with Gasteiger partial charge in [-0.1, -0.05) is 13.8 Å². The highest BCUT2D eigenvalue weighted by molar-refractivity contribution is 6.00. The van der Waals surface area contributed by atoms with Crippen LogP contribution in [0.4, 0.5) is 18.9 Å². The predicted molar refractivity (Wildman–Crippen MR) is 95.6 cm³/mol. The number of benzene rings is 1. The molecule has 1 heterocycles. The molecule has 1 aromatic rings. The minimum absolute atomic E-state index is 0.0593. The molecule has 2 fully saturated rings. The number of hydrogen-bond donors (Lipinski definition) is 1. The predicted octanol–water partition coefficient (Wildman–Crippen LogP) is 4.17. The van der Waals surface area contributed by atoms with Crippen LogP contribution in [0.25, 0.3) is 0 Å². The summed E-state index contributed by atoms with van der Waals surface area (Å²) in [5.41, 5.74) is 0.239. The number of alkyl halides is 3. The normalized spacial score (nSPS) is 29.0. The Morgan fingerprint density at radius 1 is 1.26 bits per heavy atom. The zero-order valence-corrected chi connectivity index (χ0v) is 15.6. The molecule has 0 radical (unpaired) electrons. The Morgan fingerprint density at radius 3 is 2.52 bits per heavy atom. The summed E-state index contributed by atoms with van der Waals surface area (Å²) < 4.78 is 41.4. The van der Waals surface area contributed by atoms with Crippen molar-refractivity contribution in [3.63, 3.8) is 0 Å². The van der Waals surface area contributed by atoms with Crippen molar-refractivity contribution < 1.29 is 27.8 Å². The number of ether oxygens (including phenoxy) is 1. The fourth-order valence-electron chi connectivity index (χ4n) is 4.38. The SMILES string of the molecule is CC(C)[C@@H]1C[C@@]2(CC[C@H]1O)CCN(c1ccc(OCC(F)(F)F)cc1)C2=O. The number of rotatable bonds is 4. The lowest BCUT2D eigenvalue weighted by molar-refractivity contribution is -0.153. The molecule has 1 aromatic carbocycles. The van der Waals surface area contributed by atoms with E-state index in [4.69, 9.17) is 4.74 Å². The first-order valence-electron chi connectivity index (χ1n) is 9.41. The highest BCUT2D eigenvalue weighted by Gasteiger charge is 2.51. The molecule has 0 unspecified atom stereocenters. The lowest BCUT2D eigenvalue weighted by Gasteiger charge is -2.41. The van der Waals surface area contributed by atoms with Gasteiger partial charge in [0.15, 0.2) is 6.61 Å². The van der Waals surface area contributed by atoms with Gasteiger partial charge in [0.25, 0.3) is 0 Å². The Labute approximate surface area is 157 Å². The molecule has 1 aliphatic carbocycles. The van der Waals surface area contributed by atoms with Gasteiger partial charge in [-0.2, -0.15) is 13.2 Å². The zero-order chi connectivity index (χ0) is 19.8. The van der Waals surface area contributed by atoms with E-state index in [1.54, 1.807) is 17.0 Å². The molecule has 1 spiro atoms. The molecule has 1 saturated carbocycles. The summed E-state index contributed by atoms with van der Waals surface area (Å²) in [6.45, 7) is 3.40. The van der Waals surface area contributed by atoms with Gasteiger partial charge >= 0.3 is 6.18 Å². The summed E-state index contributed by atoms with van der Waals surface area (Å²) in [6, 6.07) is 6.17. The molecule has 7 heteroatoms. The van der Waals surface area contributed by atoms with Crippen LogP contribution in [-0.4, -0.2) is 36.4 Å². The van der Waals surface area contributed by atoms with Gasteiger partial charge in [-0.05, 0) is 61.8 Å². The molecule has 1 amide bonds. The standard InChI is InChI=1S/C20H26F3NO3/c1-13(2)16-11-19(8-7-17(16)25)9-10-24(18(19)26)14-3-5-15(6-4-14)27-12-20(21,22)23/h3-6,13,16-17,25H,7-12H2,1-2H3/t16-,17+,19+/m0/s1. The van der Waals surface area contributed by atoms with Crippen LogP contribution in [0.5, 0.6) is 5.75 Å². The van der Waals surface area contributed by atoms with Gasteiger partial charge in [0, 0.05) is 12.2 Å². The number of amides is 1. The number of hydrogen-bond acceptors (Lipinski definition) is 3. The van der Waals surface area contributed by atoms with Crippen LogP contribution in [0.1, 0.15) is 39.5 Å². The van der Waals surface area contributed by atoms with E-state index < -0.39 is 18.2 Å². The second kappa shape index (κ2) is 7.34. The van der Waals surface area contributed by atoms with Crippen molar-refractivity contribution in [2.24, 2.45) is 17.3 Å². The van der Waals surface area contributed by atoms with Gasteiger partial charge in [-0.15, -0.1) is 0 Å². The van der Waals surface area contributed by atoms with E-state index in [0.717, 1.165) is 6.42 Å². The topological polar surface area (TPSA) is 49.8 Å². The van der Waals surface area contributed by atoms with E-state index in [1.165, 1.54) is 12.1 Å². The summed E-state index contributed by atoms with van der Waals surface area (Å²) in [6.07, 6.45) is -2.00. The first-order chi connectivity index (χ1) is 12.6. The molecular formula is C20H26F3NO3. The average molecular weight is 385 g/mol. The lowest BCUT2D eigenvalue weighted by Crippen LogP contribution is -2.44. The molecule has 1 saturated heterocycles. The molecule has 4 nitrogen and oxygen atoms in total. The highest BCUT2D eigenvalue weighted by atomic mass is 19.4. The van der Waals surface area contributed by atoms with Crippen LogP contribution < -0.4 is 9.64 Å². The first kappa shape index (κ1) is 20.0. The molecule has 0 bridgehead atoms. The minimum Gasteiger partial charge on any atom is -0.484 e. The second-order valence-electron chi connectivity index (χ2n) is 8.10. The number of halogens is 3. The van der Waals surface area contributed by atoms with Crippen LogP contribution in [0.2, 0.25) is 0 Å². The monoisotopic (exact) mass is 385 g/mol. The number of aliphatic hydroxyl groups excluding tert-OH is 1. The van der Waals surface area contributed by atoms with Gasteiger partial charge in [-0.25, -0.2) is 0 Å². The number of aliphatic hydroxyl groups is 1. The molecule has 1 aliphatic heterocycles. The summed E-state index contributed by atoms with van der Waals surface area (Å²) in [4.78, 5) is 14.9. The van der Waals surface area contributed by atoms with E-state index in [1.807, 2.05) is 0 Å². The molecule has 1 N–H and O–H groups in total. The average Bonchev–Trinajstić information content (AvgIpc) is 2.91. The van der Waals surface area contributed by atoms with Gasteiger partial charge in [0.1, 0.15) is 5.75 Å². The third kappa shape index (κ3) is 4.23. The largest absolute Gasteiger partial charge is 0.484 e. The summed E-state index contributed by atoms with van der Waals surface area (Å²) >= 11 is 0. The summed E-state index contributed by atoms with van der Waals surface area (Å²) in [5, 5.41) is 10.3. The maximum atomic E-state index is 13.2. The molecule has 3 atom stereocenters. The van der Waals surface area contributed by atoms with E-state index in [2.05, 4.69) is 13.8 Å². The van der Waals surface area contributed by atoms with Gasteiger partial charge in [0.2, 0.25) is 5.91 Å². The molecule has 27 heavy (non-hydrogen) atoms. The molecular weight excluding hydrogens is 359 g/mol. The third-order valence-electron chi connectivity index (χ3n) is 5.96. The van der Waals surface area contributed by atoms with Crippen molar-refractivity contribution in [2.45, 2.75) is 51.8 Å². The minimum atomic E-state index is -4.38. The smallest absolute Gasteiger partial charge is 0.422 e. The Balaban J connectivity index is 1.70. The number of nitrogens with zero attached hydrogens (tertiary/aromatic N) is 1. The molecule has 3 rings (SSSR count).